The van der Waals surface area contributed by atoms with Crippen LogP contribution >= 0.6 is 0 Å². The lowest BCUT2D eigenvalue weighted by Gasteiger charge is -2.09. The number of hydrogen-bond acceptors (Lipinski definition) is 4. The molecule has 6 nitrogen and oxygen atoms in total. The molecular formula is C21H18N2O4. The van der Waals surface area contributed by atoms with Crippen molar-refractivity contribution < 1.29 is 19.4 Å². The van der Waals surface area contributed by atoms with Gasteiger partial charge in [-0.2, -0.15) is 0 Å². The molecule has 27 heavy (non-hydrogen) atoms. The number of phenols is 1. The molecule has 0 heterocycles. The molecule has 0 aliphatic rings. The minimum absolute atomic E-state index is 0.0986. The monoisotopic (exact) mass is 362 g/mol. The zero-order valence-electron chi connectivity index (χ0n) is 14.6. The van der Waals surface area contributed by atoms with E-state index in [0.29, 0.717) is 17.2 Å². The summed E-state index contributed by atoms with van der Waals surface area (Å²) < 4.78 is 5.67. The quantitative estimate of drug-likeness (QED) is 0.482. The molecule has 0 atom stereocenters. The summed E-state index contributed by atoms with van der Waals surface area (Å²) in [6.07, 6.45) is 0. The molecule has 0 unspecified atom stereocenters. The average Bonchev–Trinajstić information content (AvgIpc) is 2.66. The third kappa shape index (κ3) is 4.85. The summed E-state index contributed by atoms with van der Waals surface area (Å²) in [6, 6.07) is 20.7. The third-order valence-corrected chi connectivity index (χ3v) is 3.70. The topological polar surface area (TPSA) is 87.7 Å². The molecule has 0 aliphatic carbocycles. The first-order valence-electron chi connectivity index (χ1n) is 8.26. The van der Waals surface area contributed by atoms with Crippen molar-refractivity contribution in [3.63, 3.8) is 0 Å². The average molecular weight is 362 g/mol. The Bertz CT molecular complexity index is 954. The molecule has 0 fully saturated rings. The van der Waals surface area contributed by atoms with Crippen molar-refractivity contribution in [1.29, 1.82) is 0 Å². The Labute approximate surface area is 156 Å². The van der Waals surface area contributed by atoms with Gasteiger partial charge >= 0.3 is 11.8 Å². The second-order valence-corrected chi connectivity index (χ2v) is 5.87. The van der Waals surface area contributed by atoms with Gasteiger partial charge in [-0.25, -0.2) is 0 Å². The van der Waals surface area contributed by atoms with E-state index in [9.17, 15) is 14.7 Å². The van der Waals surface area contributed by atoms with Gasteiger partial charge in [-0.15, -0.1) is 0 Å². The summed E-state index contributed by atoms with van der Waals surface area (Å²) in [5.41, 5.74) is 1.46. The normalized spacial score (nSPS) is 10.1. The van der Waals surface area contributed by atoms with Gasteiger partial charge < -0.3 is 20.5 Å². The van der Waals surface area contributed by atoms with Crippen LogP contribution in [0, 0.1) is 6.92 Å². The first-order valence-corrected chi connectivity index (χ1v) is 8.26. The van der Waals surface area contributed by atoms with Crippen molar-refractivity contribution in [3.8, 4) is 17.2 Å². The van der Waals surface area contributed by atoms with Crippen molar-refractivity contribution >= 4 is 23.2 Å². The van der Waals surface area contributed by atoms with Crippen molar-refractivity contribution in [2.45, 2.75) is 6.92 Å². The maximum absolute atomic E-state index is 12.0. The number of anilines is 2. The summed E-state index contributed by atoms with van der Waals surface area (Å²) in [5.74, 6) is -0.510. The van der Waals surface area contributed by atoms with E-state index in [1.807, 2.05) is 37.3 Å². The zero-order chi connectivity index (χ0) is 19.2. The molecule has 0 bridgehead atoms. The molecule has 0 aromatic heterocycles. The predicted octanol–water partition coefficient (Wildman–Crippen LogP) is 4.07. The first-order chi connectivity index (χ1) is 13.0. The first kappa shape index (κ1) is 18.0. The summed E-state index contributed by atoms with van der Waals surface area (Å²) in [4.78, 5) is 24.0. The molecule has 3 aromatic carbocycles. The number of amides is 2. The molecule has 0 spiro atoms. The highest BCUT2D eigenvalue weighted by Gasteiger charge is 2.15. The summed E-state index contributed by atoms with van der Waals surface area (Å²) in [6.45, 7) is 1.81. The van der Waals surface area contributed by atoms with E-state index in [1.165, 1.54) is 12.1 Å². The molecular weight excluding hydrogens is 344 g/mol. The maximum Gasteiger partial charge on any atom is 0.314 e. The summed E-state index contributed by atoms with van der Waals surface area (Å²) in [7, 11) is 0. The highest BCUT2D eigenvalue weighted by Crippen LogP contribution is 2.24. The number of aromatic hydroxyl groups is 1. The highest BCUT2D eigenvalue weighted by molar-refractivity contribution is 6.43. The molecule has 0 radical (unpaired) electrons. The van der Waals surface area contributed by atoms with Crippen LogP contribution in [0.3, 0.4) is 0 Å². The van der Waals surface area contributed by atoms with Gasteiger partial charge in [-0.1, -0.05) is 24.3 Å². The van der Waals surface area contributed by atoms with Gasteiger partial charge in [-0.3, -0.25) is 9.59 Å². The van der Waals surface area contributed by atoms with Crippen LogP contribution in [0.25, 0.3) is 0 Å². The van der Waals surface area contributed by atoms with Crippen molar-refractivity contribution in [3.05, 3.63) is 78.4 Å². The lowest BCUT2D eigenvalue weighted by atomic mass is 10.2. The number of nitrogens with one attached hydrogen (secondary N) is 2. The highest BCUT2D eigenvalue weighted by atomic mass is 16.5. The van der Waals surface area contributed by atoms with Crippen LogP contribution in [0.2, 0.25) is 0 Å². The number of hydrogen-bond donors (Lipinski definition) is 3. The van der Waals surface area contributed by atoms with Crippen LogP contribution < -0.4 is 15.4 Å². The largest absolute Gasteiger partial charge is 0.506 e. The van der Waals surface area contributed by atoms with E-state index >= 15 is 0 Å². The Morgan fingerprint density at radius 1 is 0.815 bits per heavy atom. The minimum atomic E-state index is -0.876. The summed E-state index contributed by atoms with van der Waals surface area (Å²) in [5, 5.41) is 14.7. The second-order valence-electron chi connectivity index (χ2n) is 5.87. The Hall–Kier alpha value is -3.80. The fourth-order valence-electron chi connectivity index (χ4n) is 2.35. The van der Waals surface area contributed by atoms with Gasteiger partial charge in [0.05, 0.1) is 5.69 Å². The number of ether oxygens (including phenoxy) is 1. The van der Waals surface area contributed by atoms with E-state index in [-0.39, 0.29) is 11.4 Å². The number of rotatable bonds is 4. The number of carbonyl (C=O) groups is 2. The lowest BCUT2D eigenvalue weighted by Crippen LogP contribution is -2.29. The van der Waals surface area contributed by atoms with Gasteiger partial charge in [0.15, 0.2) is 0 Å². The maximum atomic E-state index is 12.0. The van der Waals surface area contributed by atoms with Crippen LogP contribution in [-0.4, -0.2) is 16.9 Å². The molecule has 0 aliphatic heterocycles. The molecule has 136 valence electrons. The van der Waals surface area contributed by atoms with Crippen LogP contribution in [0.1, 0.15) is 5.56 Å². The van der Waals surface area contributed by atoms with E-state index in [0.717, 1.165) is 5.56 Å². The fraction of sp³-hybridized carbons (Fsp3) is 0.0476. The SMILES string of the molecule is Cc1ccc(NC(=O)C(=O)Nc2ccc(Oc3ccccc3)cc2)c(O)c1. The minimum Gasteiger partial charge on any atom is -0.506 e. The zero-order valence-corrected chi connectivity index (χ0v) is 14.6. The smallest absolute Gasteiger partial charge is 0.314 e. The molecule has 3 rings (SSSR count). The van der Waals surface area contributed by atoms with E-state index in [4.69, 9.17) is 4.74 Å². The Morgan fingerprint density at radius 3 is 2.11 bits per heavy atom. The van der Waals surface area contributed by atoms with Crippen LogP contribution in [0.5, 0.6) is 17.2 Å². The number of para-hydroxylation sites is 1. The summed E-state index contributed by atoms with van der Waals surface area (Å²) >= 11 is 0. The molecule has 0 saturated heterocycles. The fourth-order valence-corrected chi connectivity index (χ4v) is 2.35. The van der Waals surface area contributed by atoms with Crippen LogP contribution in [0.4, 0.5) is 11.4 Å². The van der Waals surface area contributed by atoms with Crippen LogP contribution in [0.15, 0.2) is 72.8 Å². The van der Waals surface area contributed by atoms with Gasteiger partial charge in [0.1, 0.15) is 17.2 Å². The number of aryl methyl sites for hydroxylation is 1. The second kappa shape index (κ2) is 8.05. The van der Waals surface area contributed by atoms with E-state index < -0.39 is 11.8 Å². The molecule has 6 heteroatoms. The van der Waals surface area contributed by atoms with Gasteiger partial charge in [0.25, 0.3) is 0 Å². The van der Waals surface area contributed by atoms with Crippen molar-refractivity contribution in [1.82, 2.24) is 0 Å². The number of phenolic OH excluding ortho intramolecular Hbond substituents is 1. The Morgan fingerprint density at radius 2 is 1.44 bits per heavy atom. The van der Waals surface area contributed by atoms with E-state index in [1.54, 1.807) is 30.3 Å². The molecule has 0 saturated carbocycles. The van der Waals surface area contributed by atoms with Crippen molar-refractivity contribution in [2.75, 3.05) is 10.6 Å². The number of carbonyl (C=O) groups excluding carboxylic acids is 2. The molecule has 2 amide bonds. The Balaban J connectivity index is 1.59. The predicted molar refractivity (Wildman–Crippen MR) is 103 cm³/mol. The van der Waals surface area contributed by atoms with E-state index in [2.05, 4.69) is 10.6 Å². The molecule has 3 aromatic rings. The van der Waals surface area contributed by atoms with Gasteiger partial charge in [-0.05, 0) is 61.0 Å². The van der Waals surface area contributed by atoms with Gasteiger partial charge in [0, 0.05) is 5.69 Å². The van der Waals surface area contributed by atoms with Crippen LogP contribution in [-0.2, 0) is 9.59 Å². The Kier molecular flexibility index (Phi) is 5.37. The molecule has 3 N–H and O–H groups in total. The third-order valence-electron chi connectivity index (χ3n) is 3.70. The standard InChI is InChI=1S/C21H18N2O4/c1-14-7-12-18(19(24)13-14)23-21(26)20(25)22-15-8-10-17(11-9-15)27-16-5-3-2-4-6-16/h2-13,24H,1H3,(H,22,25)(H,23,26). The number of benzene rings is 3. The van der Waals surface area contributed by atoms with Crippen molar-refractivity contribution in [2.24, 2.45) is 0 Å². The lowest BCUT2D eigenvalue weighted by molar-refractivity contribution is -0.133. The van der Waals surface area contributed by atoms with Gasteiger partial charge in [0.2, 0.25) is 0 Å².